The Labute approximate surface area is 108 Å². The van der Waals surface area contributed by atoms with Crippen LogP contribution in [0.5, 0.6) is 0 Å². The Kier molecular flexibility index (Phi) is 5.79. The van der Waals surface area contributed by atoms with Gasteiger partial charge < -0.3 is 5.32 Å². The van der Waals surface area contributed by atoms with Crippen molar-refractivity contribution in [2.24, 2.45) is 0 Å². The van der Waals surface area contributed by atoms with Gasteiger partial charge in [0.15, 0.2) is 0 Å². The highest BCUT2D eigenvalue weighted by Gasteiger charge is 2.08. The van der Waals surface area contributed by atoms with Crippen LogP contribution in [0.4, 0.5) is 5.82 Å². The smallest absolute Gasteiger partial charge is 0.145 e. The molecule has 0 fully saturated rings. The highest BCUT2D eigenvalue weighted by molar-refractivity contribution is 9.10. The zero-order valence-electron chi connectivity index (χ0n) is 8.76. The van der Waals surface area contributed by atoms with Crippen LogP contribution in [-0.2, 0) is 0 Å². The molecule has 1 aromatic heterocycles. The summed E-state index contributed by atoms with van der Waals surface area (Å²) in [6.45, 7) is 2.15. The predicted molar refractivity (Wildman–Crippen MR) is 73.0 cm³/mol. The van der Waals surface area contributed by atoms with Crippen LogP contribution in [0.15, 0.2) is 16.7 Å². The molecule has 0 aliphatic carbocycles. The Morgan fingerprint density at radius 3 is 2.93 bits per heavy atom. The highest BCUT2D eigenvalue weighted by atomic mass is 79.9. The van der Waals surface area contributed by atoms with Gasteiger partial charge in [-0.2, -0.15) is 11.8 Å². The lowest BCUT2D eigenvalue weighted by atomic mass is 10.2. The minimum absolute atomic E-state index is 0.422. The Morgan fingerprint density at radius 1 is 1.67 bits per heavy atom. The second-order valence-corrected chi connectivity index (χ2v) is 5.42. The fraction of sp³-hybridized carbons (Fsp3) is 0.500. The summed E-state index contributed by atoms with van der Waals surface area (Å²) in [5, 5.41) is 4.00. The molecule has 0 radical (unpaired) electrons. The van der Waals surface area contributed by atoms with Crippen LogP contribution >= 0.6 is 39.3 Å². The Hall–Kier alpha value is 0.0700. The molecule has 0 saturated carbocycles. The highest BCUT2D eigenvalue weighted by Crippen LogP contribution is 2.24. The molecule has 0 aliphatic rings. The SMILES string of the molecule is CCC(CSC)Nc1ncc(Br)cc1Cl. The molecule has 5 heteroatoms. The maximum absolute atomic E-state index is 6.07. The summed E-state index contributed by atoms with van der Waals surface area (Å²) in [6, 6.07) is 2.27. The number of hydrogen-bond acceptors (Lipinski definition) is 3. The summed E-state index contributed by atoms with van der Waals surface area (Å²) < 4.78 is 0.899. The second kappa shape index (κ2) is 6.61. The number of anilines is 1. The van der Waals surface area contributed by atoms with E-state index in [1.807, 2.05) is 17.8 Å². The zero-order chi connectivity index (χ0) is 11.3. The standard InChI is InChI=1S/C10H14BrClN2S/c1-3-8(6-15-2)14-10-9(12)4-7(11)5-13-10/h4-5,8H,3,6H2,1-2H3,(H,13,14). The number of nitrogens with one attached hydrogen (secondary N) is 1. The van der Waals surface area contributed by atoms with Crippen LogP contribution in [0.3, 0.4) is 0 Å². The Morgan fingerprint density at radius 2 is 2.40 bits per heavy atom. The average molecular weight is 310 g/mol. The molecule has 0 amide bonds. The molecule has 15 heavy (non-hydrogen) atoms. The Balaban J connectivity index is 2.70. The third kappa shape index (κ3) is 4.21. The molecule has 2 nitrogen and oxygen atoms in total. The maximum atomic E-state index is 6.07. The summed E-state index contributed by atoms with van der Waals surface area (Å²) in [7, 11) is 0. The van der Waals surface area contributed by atoms with Gasteiger partial charge in [-0.15, -0.1) is 0 Å². The van der Waals surface area contributed by atoms with Gasteiger partial charge in [0.25, 0.3) is 0 Å². The van der Waals surface area contributed by atoms with Crippen molar-refractivity contribution in [2.75, 3.05) is 17.3 Å². The van der Waals surface area contributed by atoms with E-state index in [4.69, 9.17) is 11.6 Å². The van der Waals surface area contributed by atoms with Crippen molar-refractivity contribution in [1.29, 1.82) is 0 Å². The third-order valence-corrected chi connectivity index (χ3v) is 3.47. The van der Waals surface area contributed by atoms with Gasteiger partial charge in [0.05, 0.1) is 5.02 Å². The quantitative estimate of drug-likeness (QED) is 0.888. The lowest BCUT2D eigenvalue weighted by Gasteiger charge is -2.17. The van der Waals surface area contributed by atoms with Crippen molar-refractivity contribution in [3.05, 3.63) is 21.8 Å². The van der Waals surface area contributed by atoms with Gasteiger partial charge in [-0.3, -0.25) is 0 Å². The van der Waals surface area contributed by atoms with Crippen LogP contribution in [0, 0.1) is 0 Å². The summed E-state index contributed by atoms with van der Waals surface area (Å²) in [4.78, 5) is 4.25. The Bertz CT molecular complexity index is 322. The number of rotatable bonds is 5. The van der Waals surface area contributed by atoms with E-state index in [2.05, 4.69) is 39.4 Å². The first-order chi connectivity index (χ1) is 7.17. The molecular formula is C10H14BrClN2S. The van der Waals surface area contributed by atoms with Gasteiger partial charge in [0.2, 0.25) is 0 Å². The van der Waals surface area contributed by atoms with Crippen molar-refractivity contribution in [3.8, 4) is 0 Å². The molecule has 0 saturated heterocycles. The number of thioether (sulfide) groups is 1. The van der Waals surface area contributed by atoms with Crippen molar-refractivity contribution in [1.82, 2.24) is 4.98 Å². The monoisotopic (exact) mass is 308 g/mol. The van der Waals surface area contributed by atoms with Gasteiger partial charge in [-0.25, -0.2) is 4.98 Å². The van der Waals surface area contributed by atoms with Crippen molar-refractivity contribution in [3.63, 3.8) is 0 Å². The minimum atomic E-state index is 0.422. The van der Waals surface area contributed by atoms with Gasteiger partial charge in [0.1, 0.15) is 5.82 Å². The lowest BCUT2D eigenvalue weighted by Crippen LogP contribution is -2.21. The van der Waals surface area contributed by atoms with E-state index in [0.717, 1.165) is 22.5 Å². The predicted octanol–water partition coefficient (Wildman–Crippen LogP) is 4.05. The second-order valence-electron chi connectivity index (χ2n) is 3.19. The van der Waals surface area contributed by atoms with Gasteiger partial charge in [-0.1, -0.05) is 18.5 Å². The van der Waals surface area contributed by atoms with E-state index in [0.29, 0.717) is 11.1 Å². The maximum Gasteiger partial charge on any atom is 0.145 e. The van der Waals surface area contributed by atoms with Crippen LogP contribution < -0.4 is 5.32 Å². The zero-order valence-corrected chi connectivity index (χ0v) is 11.9. The van der Waals surface area contributed by atoms with Crippen molar-refractivity contribution >= 4 is 45.1 Å². The summed E-state index contributed by atoms with van der Waals surface area (Å²) >= 11 is 11.2. The van der Waals surface area contributed by atoms with E-state index in [9.17, 15) is 0 Å². The first kappa shape index (κ1) is 13.1. The number of hydrogen-bond donors (Lipinski definition) is 1. The number of aromatic nitrogens is 1. The van der Waals surface area contributed by atoms with Crippen LogP contribution in [0.2, 0.25) is 5.02 Å². The third-order valence-electron chi connectivity index (χ3n) is 2.01. The number of nitrogens with zero attached hydrogens (tertiary/aromatic N) is 1. The molecule has 0 aliphatic heterocycles. The minimum Gasteiger partial charge on any atom is -0.365 e. The molecule has 1 aromatic rings. The fourth-order valence-corrected chi connectivity index (χ4v) is 2.58. The van der Waals surface area contributed by atoms with Gasteiger partial charge in [-0.05, 0) is 34.7 Å². The van der Waals surface area contributed by atoms with Gasteiger partial charge >= 0.3 is 0 Å². The normalized spacial score (nSPS) is 12.5. The van der Waals surface area contributed by atoms with Crippen molar-refractivity contribution in [2.45, 2.75) is 19.4 Å². The van der Waals surface area contributed by atoms with Crippen LogP contribution in [-0.4, -0.2) is 23.0 Å². The molecule has 1 rings (SSSR count). The van der Waals surface area contributed by atoms with E-state index in [-0.39, 0.29) is 0 Å². The molecule has 1 N–H and O–H groups in total. The molecular weight excluding hydrogens is 296 g/mol. The molecule has 0 aromatic carbocycles. The molecule has 84 valence electrons. The molecule has 1 unspecified atom stereocenters. The molecule has 0 bridgehead atoms. The van der Waals surface area contributed by atoms with Crippen LogP contribution in [0.1, 0.15) is 13.3 Å². The van der Waals surface area contributed by atoms with E-state index >= 15 is 0 Å². The fourth-order valence-electron chi connectivity index (χ4n) is 1.18. The van der Waals surface area contributed by atoms with E-state index in [1.165, 1.54) is 0 Å². The molecule has 1 atom stereocenters. The summed E-state index contributed by atoms with van der Waals surface area (Å²) in [5.41, 5.74) is 0. The van der Waals surface area contributed by atoms with Crippen molar-refractivity contribution < 1.29 is 0 Å². The molecule has 0 spiro atoms. The number of pyridine rings is 1. The largest absolute Gasteiger partial charge is 0.365 e. The first-order valence-corrected chi connectivity index (χ1v) is 7.30. The van der Waals surface area contributed by atoms with Gasteiger partial charge in [0, 0.05) is 22.5 Å². The molecule has 1 heterocycles. The van der Waals surface area contributed by atoms with E-state index in [1.54, 1.807) is 6.20 Å². The first-order valence-electron chi connectivity index (χ1n) is 4.73. The van der Waals surface area contributed by atoms with E-state index < -0.39 is 0 Å². The average Bonchev–Trinajstić information content (AvgIpc) is 2.21. The van der Waals surface area contributed by atoms with Crippen LogP contribution in [0.25, 0.3) is 0 Å². The topological polar surface area (TPSA) is 24.9 Å². The lowest BCUT2D eigenvalue weighted by molar-refractivity contribution is 0.770. The number of halogens is 2. The summed E-state index contributed by atoms with van der Waals surface area (Å²) in [5.74, 6) is 1.82. The summed E-state index contributed by atoms with van der Waals surface area (Å²) in [6.07, 6.45) is 4.91.